The lowest BCUT2D eigenvalue weighted by Gasteiger charge is -2.16. The van der Waals surface area contributed by atoms with Crippen molar-refractivity contribution in [1.82, 2.24) is 5.32 Å². The van der Waals surface area contributed by atoms with Crippen LogP contribution in [0.15, 0.2) is 18.2 Å². The zero-order chi connectivity index (χ0) is 19.1. The van der Waals surface area contributed by atoms with Gasteiger partial charge in [0.05, 0.1) is 19.2 Å². The molecule has 1 saturated carbocycles. The van der Waals surface area contributed by atoms with Crippen molar-refractivity contribution in [3.63, 3.8) is 0 Å². The van der Waals surface area contributed by atoms with E-state index in [1.807, 2.05) is 0 Å². The second-order valence-electron chi connectivity index (χ2n) is 6.14. The Balaban J connectivity index is 1.94. The monoisotopic (exact) mass is 381 g/mol. The third-order valence-corrected chi connectivity index (χ3v) is 4.51. The van der Waals surface area contributed by atoms with Crippen molar-refractivity contribution in [2.45, 2.75) is 44.8 Å². The third-order valence-electron chi connectivity index (χ3n) is 4.23. The zero-order valence-corrected chi connectivity index (χ0v) is 16.0. The number of benzene rings is 1. The van der Waals surface area contributed by atoms with Crippen LogP contribution in [0, 0.1) is 0 Å². The lowest BCUT2D eigenvalue weighted by atomic mass is 10.2. The average Bonchev–Trinajstić information content (AvgIpc) is 3.12. The summed E-state index contributed by atoms with van der Waals surface area (Å²) in [6.07, 6.45) is 6.14. The maximum atomic E-state index is 12.0. The second kappa shape index (κ2) is 9.48. The van der Waals surface area contributed by atoms with Gasteiger partial charge in [-0.3, -0.25) is 4.79 Å². The molecule has 0 unspecified atom stereocenters. The Hall–Kier alpha value is -2.21. The smallest absolute Gasteiger partial charge is 0.331 e. The predicted molar refractivity (Wildman–Crippen MR) is 99.5 cm³/mol. The molecule has 1 N–H and O–H groups in total. The van der Waals surface area contributed by atoms with E-state index in [1.54, 1.807) is 19.1 Å². The summed E-state index contributed by atoms with van der Waals surface area (Å²) in [7, 11) is 3.00. The van der Waals surface area contributed by atoms with Crippen LogP contribution >= 0.6 is 11.6 Å². The van der Waals surface area contributed by atoms with Gasteiger partial charge in [0, 0.05) is 12.1 Å². The highest BCUT2D eigenvalue weighted by Crippen LogP contribution is 2.36. The van der Waals surface area contributed by atoms with Gasteiger partial charge in [0.1, 0.15) is 0 Å². The number of ether oxygens (including phenoxy) is 3. The molecule has 1 aromatic rings. The molecule has 0 aromatic heterocycles. The summed E-state index contributed by atoms with van der Waals surface area (Å²) >= 11 is 6.13. The molecule has 0 bridgehead atoms. The highest BCUT2D eigenvalue weighted by atomic mass is 35.5. The van der Waals surface area contributed by atoms with Crippen molar-refractivity contribution in [3.05, 3.63) is 28.8 Å². The van der Waals surface area contributed by atoms with Crippen molar-refractivity contribution in [2.75, 3.05) is 14.2 Å². The van der Waals surface area contributed by atoms with Crippen molar-refractivity contribution < 1.29 is 23.8 Å². The highest BCUT2D eigenvalue weighted by Gasteiger charge is 2.22. The molecule has 142 valence electrons. The summed E-state index contributed by atoms with van der Waals surface area (Å²) in [6, 6.07) is 3.52. The molecule has 2 rings (SSSR count). The largest absolute Gasteiger partial charge is 0.493 e. The van der Waals surface area contributed by atoms with E-state index in [0.717, 1.165) is 25.7 Å². The van der Waals surface area contributed by atoms with Crippen molar-refractivity contribution in [3.8, 4) is 11.5 Å². The first-order chi connectivity index (χ1) is 12.4. The van der Waals surface area contributed by atoms with E-state index in [4.69, 9.17) is 25.8 Å². The molecule has 1 aromatic carbocycles. The molecular formula is C19H24ClNO5. The number of halogens is 1. The minimum absolute atomic E-state index is 0.188. The first kappa shape index (κ1) is 20.1. The van der Waals surface area contributed by atoms with Gasteiger partial charge in [-0.05, 0) is 43.5 Å². The average molecular weight is 382 g/mol. The normalized spacial score (nSPS) is 15.7. The van der Waals surface area contributed by atoms with Crippen LogP contribution in [-0.2, 0) is 14.3 Å². The van der Waals surface area contributed by atoms with Gasteiger partial charge in [-0.2, -0.15) is 0 Å². The number of carbonyl (C=O) groups is 2. The Morgan fingerprint density at radius 3 is 2.54 bits per heavy atom. The number of esters is 1. The van der Waals surface area contributed by atoms with Gasteiger partial charge >= 0.3 is 5.97 Å². The zero-order valence-electron chi connectivity index (χ0n) is 15.2. The Kier molecular flexibility index (Phi) is 7.33. The quantitative estimate of drug-likeness (QED) is 0.579. The van der Waals surface area contributed by atoms with Crippen molar-refractivity contribution in [2.24, 2.45) is 0 Å². The fourth-order valence-electron chi connectivity index (χ4n) is 2.85. The molecule has 0 spiro atoms. The third kappa shape index (κ3) is 5.39. The maximum absolute atomic E-state index is 12.0. The minimum Gasteiger partial charge on any atom is -0.493 e. The van der Waals surface area contributed by atoms with Crippen LogP contribution in [-0.4, -0.2) is 38.2 Å². The number of hydrogen-bond donors (Lipinski definition) is 1. The predicted octanol–water partition coefficient (Wildman–Crippen LogP) is 3.36. The molecule has 6 nitrogen and oxygen atoms in total. The highest BCUT2D eigenvalue weighted by molar-refractivity contribution is 6.32. The summed E-state index contributed by atoms with van der Waals surface area (Å²) in [5.41, 5.74) is 0.646. The Labute approximate surface area is 158 Å². The Morgan fingerprint density at radius 1 is 1.23 bits per heavy atom. The number of methoxy groups -OCH3 is 2. The minimum atomic E-state index is -0.846. The van der Waals surface area contributed by atoms with Gasteiger partial charge in [-0.1, -0.05) is 24.4 Å². The van der Waals surface area contributed by atoms with Crippen LogP contribution in [0.1, 0.15) is 38.2 Å². The van der Waals surface area contributed by atoms with Crippen LogP contribution in [0.4, 0.5) is 0 Å². The van der Waals surface area contributed by atoms with E-state index in [0.29, 0.717) is 22.1 Å². The maximum Gasteiger partial charge on any atom is 0.331 e. The molecule has 1 amide bonds. The number of hydrogen-bond acceptors (Lipinski definition) is 5. The van der Waals surface area contributed by atoms with E-state index < -0.39 is 12.1 Å². The summed E-state index contributed by atoms with van der Waals surface area (Å²) < 4.78 is 15.5. The van der Waals surface area contributed by atoms with Gasteiger partial charge in [-0.25, -0.2) is 4.79 Å². The van der Waals surface area contributed by atoms with Crippen molar-refractivity contribution >= 4 is 29.6 Å². The van der Waals surface area contributed by atoms with Crippen LogP contribution in [0.3, 0.4) is 0 Å². The molecule has 0 aliphatic heterocycles. The topological polar surface area (TPSA) is 73.9 Å². The molecule has 7 heteroatoms. The molecule has 0 heterocycles. The summed E-state index contributed by atoms with van der Waals surface area (Å²) in [6.45, 7) is 1.56. The van der Waals surface area contributed by atoms with E-state index >= 15 is 0 Å². The van der Waals surface area contributed by atoms with Gasteiger partial charge in [0.2, 0.25) is 0 Å². The molecule has 1 atom stereocenters. The van der Waals surface area contributed by atoms with E-state index in [1.165, 1.54) is 26.4 Å². The summed E-state index contributed by atoms with van der Waals surface area (Å²) in [5, 5.41) is 3.27. The van der Waals surface area contributed by atoms with Crippen LogP contribution in [0.25, 0.3) is 6.08 Å². The van der Waals surface area contributed by atoms with Crippen LogP contribution < -0.4 is 14.8 Å². The van der Waals surface area contributed by atoms with Crippen molar-refractivity contribution in [1.29, 1.82) is 0 Å². The van der Waals surface area contributed by atoms with E-state index in [9.17, 15) is 9.59 Å². The lowest BCUT2D eigenvalue weighted by Crippen LogP contribution is -2.40. The number of carbonyl (C=O) groups excluding carboxylic acids is 2. The summed E-state index contributed by atoms with van der Waals surface area (Å²) in [5.74, 6) is 0.00113. The van der Waals surface area contributed by atoms with Crippen LogP contribution in [0.5, 0.6) is 11.5 Å². The van der Waals surface area contributed by atoms with E-state index in [-0.39, 0.29) is 11.9 Å². The molecular weight excluding hydrogens is 358 g/mol. The van der Waals surface area contributed by atoms with Gasteiger partial charge < -0.3 is 19.5 Å². The molecule has 1 aliphatic carbocycles. The van der Waals surface area contributed by atoms with Gasteiger partial charge in [0.25, 0.3) is 5.91 Å². The summed E-state index contributed by atoms with van der Waals surface area (Å²) in [4.78, 5) is 24.0. The van der Waals surface area contributed by atoms with E-state index in [2.05, 4.69) is 5.32 Å². The molecule has 0 radical (unpaired) electrons. The standard InChI is InChI=1S/C19H24ClNO5/c1-12(19(23)21-14-6-4-5-7-14)26-17(22)9-8-13-10-15(20)18(25-3)16(11-13)24-2/h8-12,14H,4-7H2,1-3H3,(H,21,23)/b9-8+/t12-/m1/s1. The Bertz CT molecular complexity index is 683. The number of amides is 1. The van der Waals surface area contributed by atoms with Gasteiger partial charge in [-0.15, -0.1) is 0 Å². The number of rotatable bonds is 7. The second-order valence-corrected chi connectivity index (χ2v) is 6.55. The molecule has 1 aliphatic rings. The number of nitrogens with one attached hydrogen (secondary N) is 1. The first-order valence-corrected chi connectivity index (χ1v) is 8.93. The lowest BCUT2D eigenvalue weighted by molar-refractivity contribution is -0.150. The van der Waals surface area contributed by atoms with Crippen LogP contribution in [0.2, 0.25) is 5.02 Å². The van der Waals surface area contributed by atoms with Gasteiger partial charge in [0.15, 0.2) is 17.6 Å². The fourth-order valence-corrected chi connectivity index (χ4v) is 3.15. The molecule has 0 saturated heterocycles. The Morgan fingerprint density at radius 2 is 1.92 bits per heavy atom. The fraction of sp³-hybridized carbons (Fsp3) is 0.474. The molecule has 1 fully saturated rings. The SMILES string of the molecule is COc1cc(/C=C/C(=O)O[C@H](C)C(=O)NC2CCCC2)cc(Cl)c1OC. The molecule has 26 heavy (non-hydrogen) atoms. The first-order valence-electron chi connectivity index (χ1n) is 8.55.